The van der Waals surface area contributed by atoms with Crippen LogP contribution in [0.3, 0.4) is 0 Å². The van der Waals surface area contributed by atoms with Gasteiger partial charge in [-0.2, -0.15) is 0 Å². The van der Waals surface area contributed by atoms with Crippen molar-refractivity contribution in [2.45, 2.75) is 43.8 Å². The number of hydrogen-bond acceptors (Lipinski definition) is 2. The van der Waals surface area contributed by atoms with Crippen LogP contribution in [0.2, 0.25) is 0 Å². The van der Waals surface area contributed by atoms with Gasteiger partial charge in [0.15, 0.2) is 0 Å². The SMILES string of the molecule is NC1CCC(O)(C(F)F)CC1. The number of hydrogen-bond donors (Lipinski definition) is 2. The molecule has 0 amide bonds. The molecule has 1 aliphatic carbocycles. The first kappa shape index (κ1) is 8.87. The Morgan fingerprint density at radius 2 is 1.82 bits per heavy atom. The molecule has 1 rings (SSSR count). The van der Waals surface area contributed by atoms with E-state index in [-0.39, 0.29) is 18.9 Å². The minimum atomic E-state index is -2.63. The molecule has 0 heterocycles. The standard InChI is InChI=1S/C7H13F2NO/c8-6(9)7(11)3-1-5(10)2-4-7/h5-6,11H,1-4,10H2. The van der Waals surface area contributed by atoms with E-state index in [1.165, 1.54) is 0 Å². The van der Waals surface area contributed by atoms with Gasteiger partial charge in [-0.15, -0.1) is 0 Å². The molecular weight excluding hydrogens is 152 g/mol. The Kier molecular flexibility index (Phi) is 2.44. The predicted molar refractivity (Wildman–Crippen MR) is 37.4 cm³/mol. The molecule has 0 bridgehead atoms. The van der Waals surface area contributed by atoms with Crippen molar-refractivity contribution in [3.63, 3.8) is 0 Å². The van der Waals surface area contributed by atoms with Gasteiger partial charge in [-0.1, -0.05) is 0 Å². The molecule has 66 valence electrons. The van der Waals surface area contributed by atoms with Gasteiger partial charge in [0, 0.05) is 6.04 Å². The fourth-order valence-corrected chi connectivity index (χ4v) is 1.36. The molecule has 1 fully saturated rings. The fourth-order valence-electron chi connectivity index (χ4n) is 1.36. The monoisotopic (exact) mass is 165 g/mol. The third kappa shape index (κ3) is 1.87. The van der Waals surface area contributed by atoms with E-state index in [4.69, 9.17) is 5.73 Å². The Bertz CT molecular complexity index is 132. The maximum absolute atomic E-state index is 12.1. The van der Waals surface area contributed by atoms with Gasteiger partial charge in [0.05, 0.1) is 0 Å². The van der Waals surface area contributed by atoms with E-state index < -0.39 is 12.0 Å². The summed E-state index contributed by atoms with van der Waals surface area (Å²) in [6, 6.07) is -0.00553. The van der Waals surface area contributed by atoms with Crippen LogP contribution in [0.5, 0.6) is 0 Å². The quantitative estimate of drug-likeness (QED) is 0.606. The predicted octanol–water partition coefficient (Wildman–Crippen LogP) is 0.884. The van der Waals surface area contributed by atoms with E-state index in [2.05, 4.69) is 0 Å². The maximum atomic E-state index is 12.1. The van der Waals surface area contributed by atoms with Crippen LogP contribution in [0.15, 0.2) is 0 Å². The van der Waals surface area contributed by atoms with E-state index in [0.717, 1.165) is 0 Å². The van der Waals surface area contributed by atoms with Gasteiger partial charge in [0.2, 0.25) is 0 Å². The highest BCUT2D eigenvalue weighted by Gasteiger charge is 2.40. The Morgan fingerprint density at radius 3 is 2.18 bits per heavy atom. The van der Waals surface area contributed by atoms with Gasteiger partial charge in [-0.25, -0.2) is 8.78 Å². The lowest BCUT2D eigenvalue weighted by Gasteiger charge is -2.33. The third-order valence-corrected chi connectivity index (χ3v) is 2.30. The second kappa shape index (κ2) is 3.03. The molecule has 0 aromatic heterocycles. The molecule has 0 saturated heterocycles. The number of alkyl halides is 2. The molecule has 3 N–H and O–H groups in total. The van der Waals surface area contributed by atoms with E-state index in [9.17, 15) is 13.9 Å². The topological polar surface area (TPSA) is 46.2 Å². The average Bonchev–Trinajstić information content (AvgIpc) is 1.95. The Morgan fingerprint density at radius 1 is 1.36 bits per heavy atom. The van der Waals surface area contributed by atoms with Crippen LogP contribution >= 0.6 is 0 Å². The molecule has 1 aliphatic rings. The van der Waals surface area contributed by atoms with Crippen molar-refractivity contribution in [2.24, 2.45) is 5.73 Å². The van der Waals surface area contributed by atoms with Crippen molar-refractivity contribution in [3.8, 4) is 0 Å². The smallest absolute Gasteiger partial charge is 0.266 e. The molecule has 1 saturated carbocycles. The van der Waals surface area contributed by atoms with Crippen LogP contribution < -0.4 is 5.73 Å². The lowest BCUT2D eigenvalue weighted by Crippen LogP contribution is -2.44. The second-order valence-electron chi connectivity index (χ2n) is 3.24. The van der Waals surface area contributed by atoms with Crippen molar-refractivity contribution in [3.05, 3.63) is 0 Å². The zero-order valence-electron chi connectivity index (χ0n) is 6.26. The normalized spacial score (nSPS) is 39.5. The van der Waals surface area contributed by atoms with Gasteiger partial charge in [0.25, 0.3) is 6.43 Å². The lowest BCUT2D eigenvalue weighted by molar-refractivity contribution is -0.118. The van der Waals surface area contributed by atoms with Crippen LogP contribution in [-0.2, 0) is 0 Å². The summed E-state index contributed by atoms with van der Waals surface area (Å²) in [4.78, 5) is 0. The maximum Gasteiger partial charge on any atom is 0.266 e. The molecule has 0 spiro atoms. The van der Waals surface area contributed by atoms with Crippen molar-refractivity contribution >= 4 is 0 Å². The van der Waals surface area contributed by atoms with Crippen LogP contribution in [0.4, 0.5) is 8.78 Å². The number of aliphatic hydroxyl groups is 1. The van der Waals surface area contributed by atoms with E-state index >= 15 is 0 Å². The summed E-state index contributed by atoms with van der Waals surface area (Å²) < 4.78 is 24.3. The minimum Gasteiger partial charge on any atom is -0.384 e. The molecule has 0 radical (unpaired) electrons. The van der Waals surface area contributed by atoms with Gasteiger partial charge in [0.1, 0.15) is 5.60 Å². The summed E-state index contributed by atoms with van der Waals surface area (Å²) >= 11 is 0. The number of rotatable bonds is 1. The molecule has 0 atom stereocenters. The van der Waals surface area contributed by atoms with Crippen molar-refractivity contribution in [2.75, 3.05) is 0 Å². The number of nitrogens with two attached hydrogens (primary N) is 1. The highest BCUT2D eigenvalue weighted by molar-refractivity contribution is 4.88. The first-order chi connectivity index (χ1) is 5.04. The average molecular weight is 165 g/mol. The van der Waals surface area contributed by atoms with Gasteiger partial charge in [-0.05, 0) is 25.7 Å². The molecule has 2 nitrogen and oxygen atoms in total. The zero-order valence-corrected chi connectivity index (χ0v) is 6.26. The van der Waals surface area contributed by atoms with Crippen molar-refractivity contribution in [1.82, 2.24) is 0 Å². The zero-order chi connectivity index (χ0) is 8.48. The van der Waals surface area contributed by atoms with Crippen LogP contribution in [-0.4, -0.2) is 23.2 Å². The summed E-state index contributed by atoms with van der Waals surface area (Å²) in [5, 5.41) is 9.26. The molecule has 0 aliphatic heterocycles. The second-order valence-corrected chi connectivity index (χ2v) is 3.24. The van der Waals surface area contributed by atoms with Crippen LogP contribution in [0.1, 0.15) is 25.7 Å². The lowest BCUT2D eigenvalue weighted by atomic mass is 9.83. The van der Waals surface area contributed by atoms with Crippen LogP contribution in [0, 0.1) is 0 Å². The van der Waals surface area contributed by atoms with Crippen molar-refractivity contribution in [1.29, 1.82) is 0 Å². The minimum absolute atomic E-state index is 0.00553. The van der Waals surface area contributed by atoms with Gasteiger partial charge in [-0.3, -0.25) is 0 Å². The van der Waals surface area contributed by atoms with E-state index in [0.29, 0.717) is 12.8 Å². The third-order valence-electron chi connectivity index (χ3n) is 2.30. The Balaban J connectivity index is 2.48. The highest BCUT2D eigenvalue weighted by Crippen LogP contribution is 2.32. The largest absolute Gasteiger partial charge is 0.384 e. The molecule has 11 heavy (non-hydrogen) atoms. The Hall–Kier alpha value is -0.220. The van der Waals surface area contributed by atoms with Gasteiger partial charge < -0.3 is 10.8 Å². The molecular formula is C7H13F2NO. The summed E-state index contributed by atoms with van der Waals surface area (Å²) in [6.45, 7) is 0. The summed E-state index contributed by atoms with van der Waals surface area (Å²) in [6.07, 6.45) is -1.37. The first-order valence-corrected chi connectivity index (χ1v) is 3.81. The summed E-state index contributed by atoms with van der Waals surface area (Å²) in [7, 11) is 0. The van der Waals surface area contributed by atoms with E-state index in [1.54, 1.807) is 0 Å². The molecule has 4 heteroatoms. The van der Waals surface area contributed by atoms with Gasteiger partial charge >= 0.3 is 0 Å². The summed E-state index contributed by atoms with van der Waals surface area (Å²) in [5.41, 5.74) is 3.75. The number of halogens is 2. The van der Waals surface area contributed by atoms with E-state index in [1.807, 2.05) is 0 Å². The molecule has 0 aromatic rings. The highest BCUT2D eigenvalue weighted by atomic mass is 19.3. The molecule has 0 aromatic carbocycles. The Labute approximate surface area is 64.4 Å². The first-order valence-electron chi connectivity index (χ1n) is 3.81. The summed E-state index contributed by atoms with van der Waals surface area (Å²) in [5.74, 6) is 0. The molecule has 0 unspecified atom stereocenters. The van der Waals surface area contributed by atoms with Crippen molar-refractivity contribution < 1.29 is 13.9 Å². The van der Waals surface area contributed by atoms with Crippen LogP contribution in [0.25, 0.3) is 0 Å². The fraction of sp³-hybridized carbons (Fsp3) is 1.00.